The Morgan fingerprint density at radius 2 is 1.70 bits per heavy atom. The highest BCUT2D eigenvalue weighted by Gasteiger charge is 2.05. The summed E-state index contributed by atoms with van der Waals surface area (Å²) < 4.78 is 5.67. The van der Waals surface area contributed by atoms with E-state index in [0.29, 0.717) is 12.3 Å². The van der Waals surface area contributed by atoms with Crippen molar-refractivity contribution in [3.63, 3.8) is 0 Å². The highest BCUT2D eigenvalue weighted by Crippen LogP contribution is 2.33. The Morgan fingerprint density at radius 1 is 1.00 bits per heavy atom. The Hall–Kier alpha value is -1.61. The average molecular weight is 287 g/mol. The van der Waals surface area contributed by atoms with Gasteiger partial charge in [0.2, 0.25) is 0 Å². The first-order chi connectivity index (χ1) is 9.60. The van der Waals surface area contributed by atoms with Gasteiger partial charge in [-0.3, -0.25) is 0 Å². The minimum absolute atomic E-state index is 0.696. The number of aryl methyl sites for hydroxylation is 2. The second-order valence-corrected chi connectivity index (χ2v) is 6.04. The van der Waals surface area contributed by atoms with Crippen molar-refractivity contribution in [3.8, 4) is 5.75 Å². The first-order valence-corrected chi connectivity index (χ1v) is 7.69. The van der Waals surface area contributed by atoms with Gasteiger partial charge in [-0.2, -0.15) is 0 Å². The van der Waals surface area contributed by atoms with Crippen molar-refractivity contribution >= 4 is 17.4 Å². The van der Waals surface area contributed by atoms with Gasteiger partial charge in [-0.15, -0.1) is 0 Å². The zero-order chi connectivity index (χ0) is 14.5. The van der Waals surface area contributed by atoms with Gasteiger partial charge in [-0.25, -0.2) is 0 Å². The molecule has 0 aromatic heterocycles. The van der Waals surface area contributed by atoms with E-state index in [9.17, 15) is 0 Å². The zero-order valence-corrected chi connectivity index (χ0v) is 13.1. The number of hydrogen-bond acceptors (Lipinski definition) is 3. The van der Waals surface area contributed by atoms with E-state index in [1.165, 1.54) is 16.0 Å². The molecule has 2 N–H and O–H groups in total. The van der Waals surface area contributed by atoms with Crippen molar-refractivity contribution in [1.82, 2.24) is 0 Å². The molecule has 0 spiro atoms. The average Bonchev–Trinajstić information content (AvgIpc) is 2.43. The maximum atomic E-state index is 5.93. The maximum Gasteiger partial charge on any atom is 0.143 e. The summed E-state index contributed by atoms with van der Waals surface area (Å²) >= 11 is 1.73. The highest BCUT2D eigenvalue weighted by atomic mass is 32.2. The van der Waals surface area contributed by atoms with Crippen LogP contribution in [0.4, 0.5) is 5.69 Å². The van der Waals surface area contributed by atoms with Crippen LogP contribution in [0.25, 0.3) is 0 Å². The fraction of sp³-hybridized carbons (Fsp3) is 0.294. The Kier molecular flexibility index (Phi) is 4.96. The van der Waals surface area contributed by atoms with Crippen molar-refractivity contribution in [1.29, 1.82) is 0 Å². The second-order valence-electron chi connectivity index (χ2n) is 4.90. The second kappa shape index (κ2) is 6.71. The lowest BCUT2D eigenvalue weighted by Crippen LogP contribution is -1.98. The van der Waals surface area contributed by atoms with E-state index in [1.807, 2.05) is 18.2 Å². The van der Waals surface area contributed by atoms with Gasteiger partial charge in [0.15, 0.2) is 0 Å². The molecule has 106 valence electrons. The van der Waals surface area contributed by atoms with Gasteiger partial charge in [0, 0.05) is 9.79 Å². The number of ether oxygens (including phenoxy) is 1. The smallest absolute Gasteiger partial charge is 0.143 e. The largest absolute Gasteiger partial charge is 0.491 e. The molecule has 0 saturated heterocycles. The lowest BCUT2D eigenvalue weighted by atomic mass is 10.1. The van der Waals surface area contributed by atoms with Crippen LogP contribution < -0.4 is 10.5 Å². The SMILES string of the molecule is CCCOc1cc(Sc2ccc(C)c(C)c2)ccc1N. The van der Waals surface area contributed by atoms with Crippen LogP contribution >= 0.6 is 11.8 Å². The Morgan fingerprint density at radius 3 is 2.40 bits per heavy atom. The summed E-state index contributed by atoms with van der Waals surface area (Å²) in [5.74, 6) is 0.778. The van der Waals surface area contributed by atoms with E-state index in [1.54, 1.807) is 11.8 Å². The maximum absolute atomic E-state index is 5.93. The number of hydrogen-bond donors (Lipinski definition) is 1. The molecular formula is C17H21NOS. The van der Waals surface area contributed by atoms with Gasteiger partial charge in [-0.05, 0) is 61.7 Å². The fourth-order valence-corrected chi connectivity index (χ4v) is 2.77. The Bertz CT molecular complexity index is 596. The summed E-state index contributed by atoms with van der Waals surface area (Å²) in [5.41, 5.74) is 9.26. The third-order valence-corrected chi connectivity index (χ3v) is 4.14. The summed E-state index contributed by atoms with van der Waals surface area (Å²) in [5, 5.41) is 0. The van der Waals surface area contributed by atoms with E-state index in [-0.39, 0.29) is 0 Å². The molecule has 0 radical (unpaired) electrons. The minimum atomic E-state index is 0.696. The molecule has 0 atom stereocenters. The van der Waals surface area contributed by atoms with Crippen molar-refractivity contribution < 1.29 is 4.74 Å². The molecule has 0 aliphatic rings. The number of nitrogen functional groups attached to an aromatic ring is 1. The van der Waals surface area contributed by atoms with Crippen LogP contribution in [0, 0.1) is 13.8 Å². The molecule has 2 aromatic rings. The van der Waals surface area contributed by atoms with E-state index in [0.717, 1.165) is 17.1 Å². The van der Waals surface area contributed by atoms with Gasteiger partial charge >= 0.3 is 0 Å². The predicted octanol–water partition coefficient (Wildman–Crippen LogP) is 4.83. The lowest BCUT2D eigenvalue weighted by Gasteiger charge is -2.10. The number of benzene rings is 2. The monoisotopic (exact) mass is 287 g/mol. The van der Waals surface area contributed by atoms with E-state index >= 15 is 0 Å². The fourth-order valence-electron chi connectivity index (χ4n) is 1.83. The molecule has 0 bridgehead atoms. The number of anilines is 1. The van der Waals surface area contributed by atoms with Crippen LogP contribution in [0.2, 0.25) is 0 Å². The van der Waals surface area contributed by atoms with Crippen molar-refractivity contribution in [2.45, 2.75) is 37.0 Å². The normalized spacial score (nSPS) is 10.6. The van der Waals surface area contributed by atoms with Gasteiger partial charge in [-0.1, -0.05) is 24.8 Å². The highest BCUT2D eigenvalue weighted by molar-refractivity contribution is 7.99. The van der Waals surface area contributed by atoms with Crippen LogP contribution in [-0.2, 0) is 0 Å². The van der Waals surface area contributed by atoms with Crippen molar-refractivity contribution in [3.05, 3.63) is 47.5 Å². The quantitative estimate of drug-likeness (QED) is 0.800. The molecule has 0 amide bonds. The number of rotatable bonds is 5. The first-order valence-electron chi connectivity index (χ1n) is 6.87. The Balaban J connectivity index is 2.18. The standard InChI is InChI=1S/C17H21NOS/c1-4-9-19-17-11-15(7-8-16(17)18)20-14-6-5-12(2)13(3)10-14/h5-8,10-11H,4,9,18H2,1-3H3. The van der Waals surface area contributed by atoms with E-state index in [4.69, 9.17) is 10.5 Å². The van der Waals surface area contributed by atoms with Gasteiger partial charge in [0.25, 0.3) is 0 Å². The molecule has 0 aliphatic carbocycles. The van der Waals surface area contributed by atoms with Gasteiger partial charge < -0.3 is 10.5 Å². The van der Waals surface area contributed by atoms with Gasteiger partial charge in [0.05, 0.1) is 12.3 Å². The third-order valence-electron chi connectivity index (χ3n) is 3.16. The first kappa shape index (κ1) is 14.8. The predicted molar refractivity (Wildman–Crippen MR) is 86.7 cm³/mol. The molecule has 0 aliphatic heterocycles. The topological polar surface area (TPSA) is 35.2 Å². The van der Waals surface area contributed by atoms with Crippen LogP contribution in [0.15, 0.2) is 46.2 Å². The summed E-state index contributed by atoms with van der Waals surface area (Å²) in [6.45, 7) is 7.05. The molecule has 20 heavy (non-hydrogen) atoms. The summed E-state index contributed by atoms with van der Waals surface area (Å²) in [6, 6.07) is 12.5. The van der Waals surface area contributed by atoms with Crippen molar-refractivity contribution in [2.75, 3.05) is 12.3 Å². The summed E-state index contributed by atoms with van der Waals surface area (Å²) in [7, 11) is 0. The molecule has 0 heterocycles. The third kappa shape index (κ3) is 3.70. The minimum Gasteiger partial charge on any atom is -0.491 e. The van der Waals surface area contributed by atoms with Crippen molar-refractivity contribution in [2.24, 2.45) is 0 Å². The van der Waals surface area contributed by atoms with Crippen LogP contribution in [0.3, 0.4) is 0 Å². The molecule has 3 heteroatoms. The van der Waals surface area contributed by atoms with Crippen LogP contribution in [0.5, 0.6) is 5.75 Å². The molecule has 0 saturated carbocycles. The van der Waals surface area contributed by atoms with Crippen LogP contribution in [0.1, 0.15) is 24.5 Å². The molecular weight excluding hydrogens is 266 g/mol. The molecule has 2 aromatic carbocycles. The molecule has 2 nitrogen and oxygen atoms in total. The zero-order valence-electron chi connectivity index (χ0n) is 12.3. The summed E-state index contributed by atoms with van der Waals surface area (Å²) in [6.07, 6.45) is 0.980. The van der Waals surface area contributed by atoms with Gasteiger partial charge in [0.1, 0.15) is 5.75 Å². The molecule has 0 fully saturated rings. The summed E-state index contributed by atoms with van der Waals surface area (Å²) in [4.78, 5) is 2.38. The lowest BCUT2D eigenvalue weighted by molar-refractivity contribution is 0.318. The van der Waals surface area contributed by atoms with E-state index in [2.05, 4.69) is 39.0 Å². The molecule has 0 unspecified atom stereocenters. The number of nitrogens with two attached hydrogens (primary N) is 1. The van der Waals surface area contributed by atoms with Crippen LogP contribution in [-0.4, -0.2) is 6.61 Å². The molecule has 2 rings (SSSR count). The van der Waals surface area contributed by atoms with E-state index < -0.39 is 0 Å². The Labute approximate surface area is 125 Å².